The molecule has 0 aliphatic heterocycles. The average molecular weight is 125 g/mol. The second-order valence-corrected chi connectivity index (χ2v) is 1.75. The summed E-state index contributed by atoms with van der Waals surface area (Å²) in [6.07, 6.45) is 2.60. The van der Waals surface area contributed by atoms with E-state index in [0.29, 0.717) is 6.41 Å². The summed E-state index contributed by atoms with van der Waals surface area (Å²) in [5, 5.41) is 0. The Morgan fingerprint density at radius 1 is 1.67 bits per heavy atom. The van der Waals surface area contributed by atoms with Crippen molar-refractivity contribution in [3.05, 3.63) is 0 Å². The molecule has 0 fully saturated rings. The molecule has 2 heteroatoms. The van der Waals surface area contributed by atoms with Crippen molar-refractivity contribution in [1.29, 1.82) is 0 Å². The quantitative estimate of drug-likeness (QED) is 0.304. The largest absolute Gasteiger partial charge is 0.278 e. The van der Waals surface area contributed by atoms with Crippen LogP contribution in [-0.2, 0) is 4.79 Å². The van der Waals surface area contributed by atoms with Gasteiger partial charge in [-0.3, -0.25) is 9.69 Å². The molecule has 0 unspecified atom stereocenters. The molecule has 9 heavy (non-hydrogen) atoms. The smallest absolute Gasteiger partial charge is 0.220 e. The minimum absolute atomic E-state index is 0.697. The minimum atomic E-state index is 0.697. The summed E-state index contributed by atoms with van der Waals surface area (Å²) in [6.45, 7) is 2.05. The lowest BCUT2D eigenvalue weighted by atomic mass is 10.4. The Kier molecular flexibility index (Phi) is 4.61. The van der Waals surface area contributed by atoms with Gasteiger partial charge in [0, 0.05) is 19.5 Å². The van der Waals surface area contributed by atoms with Crippen LogP contribution in [0.5, 0.6) is 0 Å². The summed E-state index contributed by atoms with van der Waals surface area (Å²) in [6, 6.07) is 2.65. The Balaban J connectivity index is 3.45. The molecule has 0 bridgehead atoms. The predicted octanol–water partition coefficient (Wildman–Crippen LogP) is 0.836. The van der Waals surface area contributed by atoms with Gasteiger partial charge in [0.2, 0.25) is 6.41 Å². The molecule has 0 heterocycles. The fourth-order valence-electron chi connectivity index (χ4n) is 0.332. The van der Waals surface area contributed by atoms with Gasteiger partial charge in [-0.1, -0.05) is 12.8 Å². The molecular formula is C7H11NO. The Hall–Kier alpha value is -0.970. The molecule has 0 aliphatic carbocycles. The van der Waals surface area contributed by atoms with E-state index in [2.05, 4.69) is 18.9 Å². The number of nitrogens with zero attached hydrogens (tertiary/aromatic N) is 1. The number of hydrogen-bond donors (Lipinski definition) is 0. The summed E-state index contributed by atoms with van der Waals surface area (Å²) < 4.78 is 0. The molecule has 0 aromatic heterocycles. The number of amides is 1. The molecule has 0 aromatic carbocycles. The van der Waals surface area contributed by atoms with Crippen molar-refractivity contribution in [1.82, 2.24) is 4.90 Å². The number of hydrogen-bond acceptors (Lipinski definition) is 1. The number of unbranched alkanes of at least 4 members (excludes halogenated alkanes) is 1. The SMILES string of the molecule is CCCC#CN(C)C=O. The topological polar surface area (TPSA) is 20.3 Å². The third kappa shape index (κ3) is 4.89. The minimum Gasteiger partial charge on any atom is -0.278 e. The van der Waals surface area contributed by atoms with Crippen LogP contribution >= 0.6 is 0 Å². The van der Waals surface area contributed by atoms with Gasteiger partial charge in [-0.15, -0.1) is 0 Å². The predicted molar refractivity (Wildman–Crippen MR) is 36.5 cm³/mol. The molecule has 0 N–H and O–H groups in total. The monoisotopic (exact) mass is 125 g/mol. The van der Waals surface area contributed by atoms with E-state index in [0.717, 1.165) is 12.8 Å². The summed E-state index contributed by atoms with van der Waals surface area (Å²) in [4.78, 5) is 11.2. The van der Waals surface area contributed by atoms with Gasteiger partial charge >= 0.3 is 0 Å². The van der Waals surface area contributed by atoms with Crippen molar-refractivity contribution >= 4 is 6.41 Å². The number of rotatable bonds is 2. The normalized spacial score (nSPS) is 7.33. The first-order chi connectivity index (χ1) is 4.31. The standard InChI is InChI=1S/C7H11NO/c1-3-4-5-6-8(2)7-9/h7H,3-4H2,1-2H3. The second kappa shape index (κ2) is 5.17. The van der Waals surface area contributed by atoms with Crippen LogP contribution < -0.4 is 0 Å². The zero-order chi connectivity index (χ0) is 7.11. The van der Waals surface area contributed by atoms with Crippen molar-refractivity contribution < 1.29 is 4.79 Å². The highest BCUT2D eigenvalue weighted by molar-refractivity contribution is 5.49. The van der Waals surface area contributed by atoms with E-state index in [-0.39, 0.29) is 0 Å². The van der Waals surface area contributed by atoms with E-state index in [1.54, 1.807) is 7.05 Å². The van der Waals surface area contributed by atoms with Gasteiger partial charge in [0.25, 0.3) is 0 Å². The summed E-state index contributed by atoms with van der Waals surface area (Å²) in [7, 11) is 1.63. The van der Waals surface area contributed by atoms with Crippen molar-refractivity contribution in [3.8, 4) is 12.0 Å². The van der Waals surface area contributed by atoms with E-state index in [4.69, 9.17) is 0 Å². The molecule has 0 saturated carbocycles. The molecule has 0 atom stereocenters. The Labute approximate surface area is 55.8 Å². The lowest BCUT2D eigenvalue weighted by Gasteiger charge is -1.94. The highest BCUT2D eigenvalue weighted by atomic mass is 16.1. The second-order valence-electron chi connectivity index (χ2n) is 1.75. The lowest BCUT2D eigenvalue weighted by molar-refractivity contribution is -0.114. The van der Waals surface area contributed by atoms with E-state index in [1.165, 1.54) is 4.90 Å². The van der Waals surface area contributed by atoms with Crippen molar-refractivity contribution in [2.75, 3.05) is 7.05 Å². The van der Waals surface area contributed by atoms with Gasteiger partial charge < -0.3 is 0 Å². The maximum Gasteiger partial charge on any atom is 0.220 e. The van der Waals surface area contributed by atoms with Crippen LogP contribution in [0.15, 0.2) is 0 Å². The van der Waals surface area contributed by atoms with Gasteiger partial charge in [-0.25, -0.2) is 0 Å². The third-order valence-corrected chi connectivity index (χ3v) is 0.789. The molecule has 0 saturated heterocycles. The van der Waals surface area contributed by atoms with Crippen molar-refractivity contribution in [2.24, 2.45) is 0 Å². The maximum atomic E-state index is 9.92. The van der Waals surface area contributed by atoms with E-state index in [9.17, 15) is 4.79 Å². The molecular weight excluding hydrogens is 114 g/mol. The van der Waals surface area contributed by atoms with E-state index in [1.807, 2.05) is 0 Å². The molecule has 0 rings (SSSR count). The first-order valence-electron chi connectivity index (χ1n) is 2.98. The first-order valence-corrected chi connectivity index (χ1v) is 2.98. The van der Waals surface area contributed by atoms with Gasteiger partial charge in [0.15, 0.2) is 0 Å². The number of carbonyl (C=O) groups is 1. The third-order valence-electron chi connectivity index (χ3n) is 0.789. The molecule has 0 spiro atoms. The van der Waals surface area contributed by atoms with Gasteiger partial charge in [0.1, 0.15) is 0 Å². The van der Waals surface area contributed by atoms with Crippen LogP contribution in [0.3, 0.4) is 0 Å². The Bertz CT molecular complexity index is 132. The van der Waals surface area contributed by atoms with Gasteiger partial charge in [-0.05, 0) is 6.42 Å². The summed E-state index contributed by atoms with van der Waals surface area (Å²) in [5.41, 5.74) is 0. The van der Waals surface area contributed by atoms with Crippen LogP contribution in [0.1, 0.15) is 19.8 Å². The first kappa shape index (κ1) is 8.03. The van der Waals surface area contributed by atoms with Gasteiger partial charge in [-0.2, -0.15) is 0 Å². The molecule has 0 aliphatic rings. The lowest BCUT2D eigenvalue weighted by Crippen LogP contribution is -2.06. The fourth-order valence-corrected chi connectivity index (χ4v) is 0.332. The zero-order valence-electron chi connectivity index (χ0n) is 5.85. The molecule has 1 amide bonds. The molecule has 50 valence electrons. The van der Waals surface area contributed by atoms with Crippen LogP contribution in [0.25, 0.3) is 0 Å². The Morgan fingerprint density at radius 2 is 2.33 bits per heavy atom. The van der Waals surface area contributed by atoms with Gasteiger partial charge in [0.05, 0.1) is 0 Å². The molecule has 0 radical (unpaired) electrons. The van der Waals surface area contributed by atoms with Crippen LogP contribution in [0, 0.1) is 12.0 Å². The van der Waals surface area contributed by atoms with Crippen molar-refractivity contribution in [3.63, 3.8) is 0 Å². The van der Waals surface area contributed by atoms with Crippen LogP contribution in [0.2, 0.25) is 0 Å². The zero-order valence-corrected chi connectivity index (χ0v) is 5.85. The summed E-state index contributed by atoms with van der Waals surface area (Å²) in [5.74, 6) is 2.83. The van der Waals surface area contributed by atoms with Crippen LogP contribution in [-0.4, -0.2) is 18.4 Å². The summed E-state index contributed by atoms with van der Waals surface area (Å²) >= 11 is 0. The molecule has 2 nitrogen and oxygen atoms in total. The van der Waals surface area contributed by atoms with Crippen LogP contribution in [0.4, 0.5) is 0 Å². The highest BCUT2D eigenvalue weighted by Gasteiger charge is 1.78. The Morgan fingerprint density at radius 3 is 2.78 bits per heavy atom. The van der Waals surface area contributed by atoms with E-state index >= 15 is 0 Å². The average Bonchev–Trinajstić information content (AvgIpc) is 1.89. The molecule has 0 aromatic rings. The van der Waals surface area contributed by atoms with Crippen molar-refractivity contribution in [2.45, 2.75) is 19.8 Å². The highest BCUT2D eigenvalue weighted by Crippen LogP contribution is 1.80. The fraction of sp³-hybridized carbons (Fsp3) is 0.571. The maximum absolute atomic E-state index is 9.92. The van der Waals surface area contributed by atoms with E-state index < -0.39 is 0 Å². The number of carbonyl (C=O) groups excluding carboxylic acids is 1.